The quantitative estimate of drug-likeness (QED) is 0.859. The van der Waals surface area contributed by atoms with Gasteiger partial charge in [-0.1, -0.05) is 42.5 Å². The first-order valence-corrected chi connectivity index (χ1v) is 9.98. The number of nitrogens with zero attached hydrogens (tertiary/aromatic N) is 1. The third-order valence-electron chi connectivity index (χ3n) is 4.34. The van der Waals surface area contributed by atoms with E-state index in [9.17, 15) is 8.42 Å². The minimum absolute atomic E-state index is 0.0448. The van der Waals surface area contributed by atoms with Gasteiger partial charge in [-0.25, -0.2) is 13.1 Å². The van der Waals surface area contributed by atoms with E-state index in [-0.39, 0.29) is 6.10 Å². The second-order valence-corrected chi connectivity index (χ2v) is 8.05. The van der Waals surface area contributed by atoms with Crippen LogP contribution in [0, 0.1) is 6.92 Å². The van der Waals surface area contributed by atoms with Crippen molar-refractivity contribution >= 4 is 10.0 Å². The molecule has 1 fully saturated rings. The molecule has 0 radical (unpaired) electrons. The first-order chi connectivity index (χ1) is 12.0. The van der Waals surface area contributed by atoms with Crippen LogP contribution in [-0.4, -0.2) is 46.1 Å². The molecule has 1 aliphatic heterocycles. The van der Waals surface area contributed by atoms with Crippen LogP contribution >= 0.6 is 0 Å². The van der Waals surface area contributed by atoms with Gasteiger partial charge in [0.15, 0.2) is 0 Å². The van der Waals surface area contributed by atoms with Crippen molar-refractivity contribution < 1.29 is 13.2 Å². The van der Waals surface area contributed by atoms with E-state index in [4.69, 9.17) is 4.74 Å². The van der Waals surface area contributed by atoms with E-state index in [2.05, 4.69) is 21.8 Å². The van der Waals surface area contributed by atoms with E-state index >= 15 is 0 Å². The molecule has 5 nitrogen and oxygen atoms in total. The summed E-state index contributed by atoms with van der Waals surface area (Å²) in [5.74, 6) is 0. The molecule has 1 saturated heterocycles. The minimum atomic E-state index is -3.46. The summed E-state index contributed by atoms with van der Waals surface area (Å²) in [5, 5.41) is 0. The third kappa shape index (κ3) is 4.89. The van der Waals surface area contributed by atoms with Crippen LogP contribution in [0.1, 0.15) is 17.2 Å². The Morgan fingerprint density at radius 2 is 1.96 bits per heavy atom. The number of ether oxygens (including phenoxy) is 1. The van der Waals surface area contributed by atoms with Crippen LogP contribution in [0.2, 0.25) is 0 Å². The highest BCUT2D eigenvalue weighted by Crippen LogP contribution is 2.21. The molecule has 0 aliphatic carbocycles. The van der Waals surface area contributed by atoms with Crippen LogP contribution in [0.4, 0.5) is 0 Å². The summed E-state index contributed by atoms with van der Waals surface area (Å²) in [6.45, 7) is 5.18. The Balaban J connectivity index is 1.53. The zero-order valence-corrected chi connectivity index (χ0v) is 15.2. The number of morpholine rings is 1. The molecule has 0 aromatic heterocycles. The summed E-state index contributed by atoms with van der Waals surface area (Å²) >= 11 is 0. The number of aryl methyl sites for hydroxylation is 1. The Hall–Kier alpha value is -1.73. The van der Waals surface area contributed by atoms with Crippen molar-refractivity contribution in [3.63, 3.8) is 0 Å². The summed E-state index contributed by atoms with van der Waals surface area (Å²) in [4.78, 5) is 2.55. The van der Waals surface area contributed by atoms with E-state index in [1.807, 2.05) is 31.2 Å². The van der Waals surface area contributed by atoms with Gasteiger partial charge in [0.25, 0.3) is 0 Å². The van der Waals surface area contributed by atoms with Gasteiger partial charge in [-0.2, -0.15) is 0 Å². The lowest BCUT2D eigenvalue weighted by Crippen LogP contribution is -2.42. The molecule has 1 aliphatic rings. The van der Waals surface area contributed by atoms with E-state index in [0.29, 0.717) is 24.6 Å². The SMILES string of the molecule is Cc1cccc(S(=O)(=O)NCCN2CCO[C@H](c3ccccc3)C2)c1. The molecule has 25 heavy (non-hydrogen) atoms. The lowest BCUT2D eigenvalue weighted by Gasteiger charge is -2.33. The molecule has 134 valence electrons. The highest BCUT2D eigenvalue weighted by atomic mass is 32.2. The van der Waals surface area contributed by atoms with Crippen LogP contribution in [-0.2, 0) is 14.8 Å². The maximum atomic E-state index is 12.4. The Labute approximate surface area is 149 Å². The van der Waals surface area contributed by atoms with Gasteiger partial charge in [0.2, 0.25) is 10.0 Å². The average Bonchev–Trinajstić information content (AvgIpc) is 2.63. The van der Waals surface area contributed by atoms with E-state index in [0.717, 1.165) is 24.2 Å². The van der Waals surface area contributed by atoms with Crippen molar-refractivity contribution in [1.82, 2.24) is 9.62 Å². The smallest absolute Gasteiger partial charge is 0.240 e. The van der Waals surface area contributed by atoms with E-state index in [1.165, 1.54) is 0 Å². The molecular formula is C19H24N2O3S. The van der Waals surface area contributed by atoms with Crippen molar-refractivity contribution in [3.05, 3.63) is 65.7 Å². The second kappa shape index (κ2) is 8.10. The average molecular weight is 360 g/mol. The molecular weight excluding hydrogens is 336 g/mol. The van der Waals surface area contributed by atoms with Crippen molar-refractivity contribution in [2.24, 2.45) is 0 Å². The molecule has 0 amide bonds. The fraction of sp³-hybridized carbons (Fsp3) is 0.368. The highest BCUT2D eigenvalue weighted by Gasteiger charge is 2.22. The first-order valence-electron chi connectivity index (χ1n) is 8.50. The van der Waals surface area contributed by atoms with Gasteiger partial charge in [0.05, 0.1) is 17.6 Å². The fourth-order valence-corrected chi connectivity index (χ4v) is 4.10. The summed E-state index contributed by atoms with van der Waals surface area (Å²) in [7, 11) is -3.46. The molecule has 2 aromatic carbocycles. The lowest BCUT2D eigenvalue weighted by atomic mass is 10.1. The zero-order chi connectivity index (χ0) is 17.7. The number of rotatable bonds is 6. The fourth-order valence-electron chi connectivity index (χ4n) is 2.98. The third-order valence-corrected chi connectivity index (χ3v) is 5.80. The molecule has 0 saturated carbocycles. The lowest BCUT2D eigenvalue weighted by molar-refractivity contribution is -0.0291. The van der Waals surface area contributed by atoms with Gasteiger partial charge in [-0.05, 0) is 30.2 Å². The van der Waals surface area contributed by atoms with Gasteiger partial charge in [0.1, 0.15) is 0 Å². The molecule has 1 N–H and O–H groups in total. The molecule has 2 aromatic rings. The van der Waals surface area contributed by atoms with Crippen molar-refractivity contribution in [2.45, 2.75) is 17.9 Å². The van der Waals surface area contributed by atoms with E-state index in [1.54, 1.807) is 18.2 Å². The number of sulfonamides is 1. The van der Waals surface area contributed by atoms with Crippen molar-refractivity contribution in [1.29, 1.82) is 0 Å². The molecule has 1 atom stereocenters. The number of hydrogen-bond acceptors (Lipinski definition) is 4. The van der Waals surface area contributed by atoms with Gasteiger partial charge in [-0.3, -0.25) is 4.90 Å². The van der Waals surface area contributed by atoms with Gasteiger partial charge in [-0.15, -0.1) is 0 Å². The summed E-state index contributed by atoms with van der Waals surface area (Å²) in [6.07, 6.45) is 0.0448. The predicted molar refractivity (Wildman–Crippen MR) is 97.9 cm³/mol. The molecule has 3 rings (SSSR count). The standard InChI is InChI=1S/C19H24N2O3S/c1-16-6-5-9-18(14-16)25(22,23)20-10-11-21-12-13-24-19(15-21)17-7-3-2-4-8-17/h2-9,14,19-20H,10-13,15H2,1H3/t19-/m0/s1. The van der Waals surface area contributed by atoms with Gasteiger partial charge >= 0.3 is 0 Å². The molecule has 1 heterocycles. The molecule has 0 unspecified atom stereocenters. The molecule has 0 bridgehead atoms. The van der Waals surface area contributed by atoms with Crippen LogP contribution in [0.3, 0.4) is 0 Å². The zero-order valence-electron chi connectivity index (χ0n) is 14.4. The number of hydrogen-bond donors (Lipinski definition) is 1. The maximum absolute atomic E-state index is 12.4. The van der Waals surface area contributed by atoms with Crippen LogP contribution in [0.5, 0.6) is 0 Å². The summed E-state index contributed by atoms with van der Waals surface area (Å²) in [5.41, 5.74) is 2.09. The summed E-state index contributed by atoms with van der Waals surface area (Å²) < 4.78 is 33.3. The van der Waals surface area contributed by atoms with Crippen molar-refractivity contribution in [3.8, 4) is 0 Å². The Bertz CT molecular complexity index is 793. The number of nitrogens with one attached hydrogen (secondary N) is 1. The minimum Gasteiger partial charge on any atom is -0.371 e. The molecule has 6 heteroatoms. The van der Waals surface area contributed by atoms with Gasteiger partial charge in [0, 0.05) is 26.2 Å². The van der Waals surface area contributed by atoms with Crippen LogP contribution < -0.4 is 4.72 Å². The van der Waals surface area contributed by atoms with Crippen LogP contribution in [0.25, 0.3) is 0 Å². The largest absolute Gasteiger partial charge is 0.371 e. The Morgan fingerprint density at radius 3 is 2.72 bits per heavy atom. The van der Waals surface area contributed by atoms with Crippen LogP contribution in [0.15, 0.2) is 59.5 Å². The topological polar surface area (TPSA) is 58.6 Å². The highest BCUT2D eigenvalue weighted by molar-refractivity contribution is 7.89. The Morgan fingerprint density at radius 1 is 1.16 bits per heavy atom. The van der Waals surface area contributed by atoms with E-state index < -0.39 is 10.0 Å². The molecule has 0 spiro atoms. The Kier molecular flexibility index (Phi) is 5.86. The maximum Gasteiger partial charge on any atom is 0.240 e. The van der Waals surface area contributed by atoms with Gasteiger partial charge < -0.3 is 4.74 Å². The predicted octanol–water partition coefficient (Wildman–Crippen LogP) is 2.35. The normalized spacial score (nSPS) is 19.0. The second-order valence-electron chi connectivity index (χ2n) is 6.29. The summed E-state index contributed by atoms with van der Waals surface area (Å²) in [6, 6.07) is 17.1. The number of benzene rings is 2. The first kappa shape index (κ1) is 18.1. The van der Waals surface area contributed by atoms with Crippen molar-refractivity contribution in [2.75, 3.05) is 32.8 Å². The monoisotopic (exact) mass is 360 g/mol.